The second-order valence-electron chi connectivity index (χ2n) is 8.68. The highest BCUT2D eigenvalue weighted by molar-refractivity contribution is 6.33. The standard InChI is InChI=1S/C25H33ClFN3O3/c1-33-24-15-23(28)22(26)14-21(24)25(32)29-16-18-8-11-30(12-9-18)13-10-20(31)7-4-17-2-5-19(27)6-3-17/h2-3,5-6,14-15,18,20,31H,4,7-13,16,28H2,1H3,(H,29,32). The number of benzene rings is 2. The molecule has 1 saturated heterocycles. The van der Waals surface area contributed by atoms with Crippen molar-refractivity contribution in [2.75, 3.05) is 39.0 Å². The van der Waals surface area contributed by atoms with Gasteiger partial charge in [0.25, 0.3) is 5.91 Å². The highest BCUT2D eigenvalue weighted by atomic mass is 35.5. The van der Waals surface area contributed by atoms with E-state index in [4.69, 9.17) is 22.1 Å². The third-order valence-electron chi connectivity index (χ3n) is 6.28. The molecule has 4 N–H and O–H groups in total. The second-order valence-corrected chi connectivity index (χ2v) is 9.08. The van der Waals surface area contributed by atoms with E-state index >= 15 is 0 Å². The van der Waals surface area contributed by atoms with Crippen molar-refractivity contribution in [3.05, 3.63) is 58.4 Å². The van der Waals surface area contributed by atoms with Gasteiger partial charge in [-0.05, 0) is 74.9 Å². The molecular formula is C25H33ClFN3O3. The van der Waals surface area contributed by atoms with Crippen LogP contribution in [0.3, 0.4) is 0 Å². The number of likely N-dealkylation sites (tertiary alicyclic amines) is 1. The van der Waals surface area contributed by atoms with Crippen LogP contribution in [-0.2, 0) is 6.42 Å². The molecule has 2 aromatic rings. The molecule has 0 spiro atoms. The fourth-order valence-corrected chi connectivity index (χ4v) is 4.29. The lowest BCUT2D eigenvalue weighted by Gasteiger charge is -2.32. The fraction of sp³-hybridized carbons (Fsp3) is 0.480. The van der Waals surface area contributed by atoms with Crippen LogP contribution in [0.25, 0.3) is 0 Å². The zero-order valence-electron chi connectivity index (χ0n) is 19.0. The molecule has 3 rings (SSSR count). The van der Waals surface area contributed by atoms with Crippen molar-refractivity contribution in [1.29, 1.82) is 0 Å². The Hall–Kier alpha value is -2.35. The summed E-state index contributed by atoms with van der Waals surface area (Å²) in [6, 6.07) is 9.54. The summed E-state index contributed by atoms with van der Waals surface area (Å²) in [4.78, 5) is 15.0. The topological polar surface area (TPSA) is 87.8 Å². The highest BCUT2D eigenvalue weighted by Gasteiger charge is 2.21. The van der Waals surface area contributed by atoms with Gasteiger partial charge in [0.2, 0.25) is 0 Å². The van der Waals surface area contributed by atoms with Crippen molar-refractivity contribution in [1.82, 2.24) is 10.2 Å². The fourth-order valence-electron chi connectivity index (χ4n) is 4.12. The number of piperidine rings is 1. The molecule has 1 amide bonds. The number of aliphatic hydroxyl groups excluding tert-OH is 1. The van der Waals surface area contributed by atoms with Crippen LogP contribution in [0.15, 0.2) is 36.4 Å². The highest BCUT2D eigenvalue weighted by Crippen LogP contribution is 2.29. The second kappa shape index (κ2) is 12.2. The van der Waals surface area contributed by atoms with Gasteiger partial charge in [-0.2, -0.15) is 0 Å². The van der Waals surface area contributed by atoms with Crippen LogP contribution in [0.5, 0.6) is 5.75 Å². The molecule has 1 unspecified atom stereocenters. The van der Waals surface area contributed by atoms with E-state index in [1.165, 1.54) is 25.3 Å². The number of nitrogen functional groups attached to an aromatic ring is 1. The normalized spacial score (nSPS) is 15.9. The van der Waals surface area contributed by atoms with E-state index in [0.717, 1.165) is 50.9 Å². The van der Waals surface area contributed by atoms with E-state index in [1.807, 2.05) is 0 Å². The molecule has 0 radical (unpaired) electrons. The third kappa shape index (κ3) is 7.59. The molecule has 0 aliphatic carbocycles. The number of ether oxygens (including phenoxy) is 1. The SMILES string of the molecule is COc1cc(N)c(Cl)cc1C(=O)NCC1CCN(CCC(O)CCc2ccc(F)cc2)CC1. The molecule has 2 aromatic carbocycles. The summed E-state index contributed by atoms with van der Waals surface area (Å²) in [6.45, 7) is 3.34. The van der Waals surface area contributed by atoms with Crippen LogP contribution in [0, 0.1) is 11.7 Å². The number of carbonyl (C=O) groups is 1. The molecule has 33 heavy (non-hydrogen) atoms. The predicted molar refractivity (Wildman–Crippen MR) is 129 cm³/mol. The van der Waals surface area contributed by atoms with Crippen molar-refractivity contribution in [2.45, 2.75) is 38.2 Å². The summed E-state index contributed by atoms with van der Waals surface area (Å²) in [5, 5.41) is 13.6. The number of aryl methyl sites for hydroxylation is 1. The lowest BCUT2D eigenvalue weighted by atomic mass is 9.96. The molecular weight excluding hydrogens is 445 g/mol. The van der Waals surface area contributed by atoms with E-state index in [1.54, 1.807) is 18.2 Å². The summed E-state index contributed by atoms with van der Waals surface area (Å²) in [5.74, 6) is 0.350. The number of nitrogens with two attached hydrogens (primary N) is 1. The van der Waals surface area contributed by atoms with Crippen molar-refractivity contribution in [3.63, 3.8) is 0 Å². The number of hydrogen-bond acceptors (Lipinski definition) is 5. The number of carbonyl (C=O) groups excluding carboxylic acids is 1. The van der Waals surface area contributed by atoms with E-state index in [2.05, 4.69) is 10.2 Å². The minimum absolute atomic E-state index is 0.222. The van der Waals surface area contributed by atoms with Crippen LogP contribution < -0.4 is 15.8 Å². The Morgan fingerprint density at radius 3 is 2.64 bits per heavy atom. The molecule has 1 aliphatic heterocycles. The number of methoxy groups -OCH3 is 1. The van der Waals surface area contributed by atoms with Gasteiger partial charge in [0.15, 0.2) is 0 Å². The van der Waals surface area contributed by atoms with Crippen LogP contribution >= 0.6 is 11.6 Å². The van der Waals surface area contributed by atoms with Gasteiger partial charge >= 0.3 is 0 Å². The van der Waals surface area contributed by atoms with Gasteiger partial charge in [-0.1, -0.05) is 23.7 Å². The molecule has 1 heterocycles. The maximum Gasteiger partial charge on any atom is 0.255 e. The summed E-state index contributed by atoms with van der Waals surface area (Å²) < 4.78 is 18.2. The van der Waals surface area contributed by atoms with Crippen molar-refractivity contribution in [2.24, 2.45) is 5.92 Å². The summed E-state index contributed by atoms with van der Waals surface area (Å²) >= 11 is 6.06. The quantitative estimate of drug-likeness (QED) is 0.452. The Morgan fingerprint density at radius 1 is 1.27 bits per heavy atom. The van der Waals surface area contributed by atoms with Crippen molar-refractivity contribution in [3.8, 4) is 5.75 Å². The zero-order valence-corrected chi connectivity index (χ0v) is 19.8. The lowest BCUT2D eigenvalue weighted by Crippen LogP contribution is -2.39. The molecule has 1 fully saturated rings. The zero-order chi connectivity index (χ0) is 23.8. The minimum Gasteiger partial charge on any atom is -0.496 e. The maximum atomic E-state index is 13.0. The number of hydrogen-bond donors (Lipinski definition) is 3. The molecule has 1 aliphatic rings. The number of rotatable bonds is 10. The smallest absolute Gasteiger partial charge is 0.255 e. The predicted octanol–water partition coefficient (Wildman–Crippen LogP) is 3.90. The van der Waals surface area contributed by atoms with Gasteiger partial charge in [-0.15, -0.1) is 0 Å². The Kier molecular flexibility index (Phi) is 9.35. The monoisotopic (exact) mass is 477 g/mol. The van der Waals surface area contributed by atoms with Gasteiger partial charge in [-0.25, -0.2) is 4.39 Å². The van der Waals surface area contributed by atoms with Crippen molar-refractivity contribution >= 4 is 23.2 Å². The van der Waals surface area contributed by atoms with Crippen molar-refractivity contribution < 1.29 is 19.0 Å². The van der Waals surface area contributed by atoms with Gasteiger partial charge in [0.1, 0.15) is 11.6 Å². The molecule has 6 nitrogen and oxygen atoms in total. The Labute approximate surface area is 199 Å². The van der Waals surface area contributed by atoms with Crippen LogP contribution in [0.4, 0.5) is 10.1 Å². The number of halogens is 2. The Balaban J connectivity index is 1.35. The largest absolute Gasteiger partial charge is 0.496 e. The summed E-state index contributed by atoms with van der Waals surface area (Å²) in [6.07, 6.45) is 3.76. The van der Waals surface area contributed by atoms with Gasteiger partial charge in [0.05, 0.1) is 29.5 Å². The van der Waals surface area contributed by atoms with Crippen LogP contribution in [0.2, 0.25) is 5.02 Å². The Morgan fingerprint density at radius 2 is 1.97 bits per heavy atom. The molecule has 0 saturated carbocycles. The molecule has 180 valence electrons. The number of amides is 1. The van der Waals surface area contributed by atoms with E-state index in [-0.39, 0.29) is 17.8 Å². The first-order valence-electron chi connectivity index (χ1n) is 11.4. The number of anilines is 1. The molecule has 1 atom stereocenters. The van der Waals surface area contributed by atoms with E-state index in [0.29, 0.717) is 40.9 Å². The number of nitrogens with zero attached hydrogens (tertiary/aromatic N) is 1. The average Bonchev–Trinajstić information content (AvgIpc) is 2.82. The maximum absolute atomic E-state index is 13.0. The third-order valence-corrected chi connectivity index (χ3v) is 6.61. The first kappa shape index (κ1) is 25.3. The van der Waals surface area contributed by atoms with E-state index < -0.39 is 0 Å². The lowest BCUT2D eigenvalue weighted by molar-refractivity contribution is 0.0923. The van der Waals surface area contributed by atoms with Gasteiger partial charge in [-0.3, -0.25) is 4.79 Å². The minimum atomic E-state index is -0.367. The molecule has 0 bridgehead atoms. The summed E-state index contributed by atoms with van der Waals surface area (Å²) in [7, 11) is 1.49. The number of aliphatic hydroxyl groups is 1. The summed E-state index contributed by atoms with van der Waals surface area (Å²) in [5.41, 5.74) is 7.57. The first-order valence-corrected chi connectivity index (χ1v) is 11.8. The van der Waals surface area contributed by atoms with Gasteiger partial charge in [0, 0.05) is 19.2 Å². The van der Waals surface area contributed by atoms with Crippen LogP contribution in [0.1, 0.15) is 41.6 Å². The molecule has 0 aromatic heterocycles. The first-order chi connectivity index (χ1) is 15.9. The Bertz CT molecular complexity index is 918. The van der Waals surface area contributed by atoms with E-state index in [9.17, 15) is 14.3 Å². The molecule has 8 heteroatoms. The van der Waals surface area contributed by atoms with Gasteiger partial charge < -0.3 is 25.8 Å². The average molecular weight is 478 g/mol. The number of nitrogens with one attached hydrogen (secondary N) is 1. The van der Waals surface area contributed by atoms with Crippen LogP contribution in [-0.4, -0.2) is 55.3 Å².